The van der Waals surface area contributed by atoms with Crippen molar-refractivity contribution in [3.63, 3.8) is 0 Å². The van der Waals surface area contributed by atoms with Crippen molar-refractivity contribution in [2.45, 2.75) is 26.7 Å². The molecule has 0 nitrogen and oxygen atoms in total. The lowest BCUT2D eigenvalue weighted by molar-refractivity contribution is 0.886. The molecule has 0 spiro atoms. The SMILES string of the molecule is C#C.CCCC. The maximum atomic E-state index is 4.00. The van der Waals surface area contributed by atoms with Crippen molar-refractivity contribution in [3.8, 4) is 12.8 Å². The van der Waals surface area contributed by atoms with E-state index < -0.39 is 0 Å². The van der Waals surface area contributed by atoms with Gasteiger partial charge in [-0.2, -0.15) is 0 Å². The van der Waals surface area contributed by atoms with Crippen LogP contribution in [0.2, 0.25) is 0 Å². The second-order valence-corrected chi connectivity index (χ2v) is 1.000. The standard InChI is InChI=1S/C4H10.C2H2/c1-3-4-2;1-2/h3-4H2,1-2H3;1-2H. The maximum absolute atomic E-state index is 4.00. The highest BCUT2D eigenvalue weighted by Crippen LogP contribution is 1.76. The Morgan fingerprint density at radius 2 is 1.17 bits per heavy atom. The van der Waals surface area contributed by atoms with E-state index in [0.717, 1.165) is 0 Å². The topological polar surface area (TPSA) is 0 Å². The van der Waals surface area contributed by atoms with E-state index in [9.17, 15) is 0 Å². The normalized spacial score (nSPS) is 5.33. The fraction of sp³-hybridized carbons (Fsp3) is 0.667. The summed E-state index contributed by atoms with van der Waals surface area (Å²) >= 11 is 0. The van der Waals surface area contributed by atoms with E-state index in [4.69, 9.17) is 0 Å². The van der Waals surface area contributed by atoms with Crippen molar-refractivity contribution in [1.29, 1.82) is 0 Å². The monoisotopic (exact) mass is 84.1 g/mol. The molecule has 0 aliphatic heterocycles. The summed E-state index contributed by atoms with van der Waals surface area (Å²) in [6, 6.07) is 0. The molecule has 0 fully saturated rings. The molecule has 0 aromatic carbocycles. The maximum Gasteiger partial charge on any atom is -0.0564 e. The third-order valence-corrected chi connectivity index (χ3v) is 0.500. The van der Waals surface area contributed by atoms with Crippen molar-refractivity contribution in [1.82, 2.24) is 0 Å². The van der Waals surface area contributed by atoms with Gasteiger partial charge in [-0.25, -0.2) is 0 Å². The van der Waals surface area contributed by atoms with Crippen LogP contribution in [0.25, 0.3) is 0 Å². The Hall–Kier alpha value is -0.440. The summed E-state index contributed by atoms with van der Waals surface area (Å²) in [5.74, 6) is 0. The zero-order valence-electron chi connectivity index (χ0n) is 4.57. The Balaban J connectivity index is 0. The number of hydrogen-bond acceptors (Lipinski definition) is 0. The van der Waals surface area contributed by atoms with Gasteiger partial charge >= 0.3 is 0 Å². The molecule has 0 saturated heterocycles. The van der Waals surface area contributed by atoms with Crippen LogP contribution in [-0.4, -0.2) is 0 Å². The smallest absolute Gasteiger partial charge is 0.0564 e. The first-order valence-electron chi connectivity index (χ1n) is 2.25. The lowest BCUT2D eigenvalue weighted by Gasteiger charge is -1.68. The van der Waals surface area contributed by atoms with Crippen molar-refractivity contribution >= 4 is 0 Å². The van der Waals surface area contributed by atoms with Gasteiger partial charge in [0.25, 0.3) is 0 Å². The minimum absolute atomic E-state index is 1.32. The largest absolute Gasteiger partial charge is 0.124 e. The minimum atomic E-state index is 1.32. The minimum Gasteiger partial charge on any atom is -0.124 e. The van der Waals surface area contributed by atoms with E-state index in [1.165, 1.54) is 12.8 Å². The van der Waals surface area contributed by atoms with Crippen LogP contribution in [-0.2, 0) is 0 Å². The molecule has 0 radical (unpaired) electrons. The summed E-state index contributed by atoms with van der Waals surface area (Å²) in [4.78, 5) is 0. The Bertz CT molecular complexity index is 16.5. The van der Waals surface area contributed by atoms with Crippen LogP contribution < -0.4 is 0 Å². The van der Waals surface area contributed by atoms with E-state index in [1.807, 2.05) is 0 Å². The van der Waals surface area contributed by atoms with Gasteiger partial charge in [0.15, 0.2) is 0 Å². The summed E-state index contributed by atoms with van der Waals surface area (Å²) in [7, 11) is 0. The predicted molar refractivity (Wildman–Crippen MR) is 30.5 cm³/mol. The molecule has 0 rings (SSSR count). The van der Waals surface area contributed by atoms with E-state index in [-0.39, 0.29) is 0 Å². The van der Waals surface area contributed by atoms with Gasteiger partial charge in [-0.3, -0.25) is 0 Å². The molecular formula is C6H12. The molecule has 0 aliphatic rings. The molecule has 0 atom stereocenters. The highest BCUT2D eigenvalue weighted by Gasteiger charge is 1.56. The second-order valence-electron chi connectivity index (χ2n) is 1.000. The van der Waals surface area contributed by atoms with Crippen LogP contribution in [0.15, 0.2) is 0 Å². The zero-order chi connectivity index (χ0) is 5.41. The van der Waals surface area contributed by atoms with Crippen molar-refractivity contribution in [2.24, 2.45) is 0 Å². The molecule has 0 heteroatoms. The van der Waals surface area contributed by atoms with Crippen LogP contribution in [0.3, 0.4) is 0 Å². The van der Waals surface area contributed by atoms with Gasteiger partial charge in [-0.05, 0) is 0 Å². The molecule has 0 amide bonds. The van der Waals surface area contributed by atoms with Crippen LogP contribution in [0.5, 0.6) is 0 Å². The van der Waals surface area contributed by atoms with Gasteiger partial charge in [0.1, 0.15) is 0 Å². The first kappa shape index (κ1) is 9.12. The number of terminal acetylenes is 1. The van der Waals surface area contributed by atoms with Crippen LogP contribution in [0, 0.1) is 12.8 Å². The molecule has 6 heavy (non-hydrogen) atoms. The van der Waals surface area contributed by atoms with Crippen LogP contribution >= 0.6 is 0 Å². The highest BCUT2D eigenvalue weighted by molar-refractivity contribution is 4.47. The number of hydrogen-bond donors (Lipinski definition) is 0. The molecule has 0 heterocycles. The van der Waals surface area contributed by atoms with Crippen LogP contribution in [0.4, 0.5) is 0 Å². The van der Waals surface area contributed by atoms with Crippen molar-refractivity contribution < 1.29 is 0 Å². The number of rotatable bonds is 1. The van der Waals surface area contributed by atoms with E-state index in [2.05, 4.69) is 26.7 Å². The Kier molecular flexibility index (Phi) is 36.1. The Morgan fingerprint density at radius 3 is 1.17 bits per heavy atom. The fourth-order valence-electron chi connectivity index (χ4n) is 0. The summed E-state index contributed by atoms with van der Waals surface area (Å²) in [5.41, 5.74) is 0. The molecule has 0 bridgehead atoms. The molecule has 0 N–H and O–H groups in total. The van der Waals surface area contributed by atoms with Gasteiger partial charge in [-0.15, -0.1) is 12.8 Å². The molecule has 0 aliphatic carbocycles. The Morgan fingerprint density at radius 1 is 1.00 bits per heavy atom. The molecule has 36 valence electrons. The summed E-state index contributed by atoms with van der Waals surface area (Å²) in [6.07, 6.45) is 10.6. The third-order valence-electron chi connectivity index (χ3n) is 0.500. The Labute approximate surface area is 40.6 Å². The molecule has 0 aromatic heterocycles. The lowest BCUT2D eigenvalue weighted by Crippen LogP contribution is -1.47. The molecule has 0 unspecified atom stereocenters. The number of unbranched alkanes of at least 4 members (excludes halogenated alkanes) is 1. The first-order chi connectivity index (χ1) is 2.91. The van der Waals surface area contributed by atoms with Gasteiger partial charge in [0, 0.05) is 0 Å². The van der Waals surface area contributed by atoms with Gasteiger partial charge in [-0.1, -0.05) is 26.7 Å². The summed E-state index contributed by atoms with van der Waals surface area (Å²) < 4.78 is 0. The average molecular weight is 84.2 g/mol. The first-order valence-corrected chi connectivity index (χ1v) is 2.25. The van der Waals surface area contributed by atoms with E-state index >= 15 is 0 Å². The zero-order valence-corrected chi connectivity index (χ0v) is 4.57. The van der Waals surface area contributed by atoms with E-state index in [1.54, 1.807) is 0 Å². The molecule has 0 aromatic rings. The van der Waals surface area contributed by atoms with Gasteiger partial charge in [0.2, 0.25) is 0 Å². The highest BCUT2D eigenvalue weighted by atomic mass is 13.6. The van der Waals surface area contributed by atoms with Gasteiger partial charge < -0.3 is 0 Å². The summed E-state index contributed by atoms with van der Waals surface area (Å²) in [5, 5.41) is 0. The second kappa shape index (κ2) is 23.7. The third kappa shape index (κ3) is 74.4. The van der Waals surface area contributed by atoms with Crippen molar-refractivity contribution in [2.75, 3.05) is 0 Å². The predicted octanol–water partition coefficient (Wildman–Crippen LogP) is 2.06. The van der Waals surface area contributed by atoms with E-state index in [0.29, 0.717) is 0 Å². The van der Waals surface area contributed by atoms with Gasteiger partial charge in [0.05, 0.1) is 0 Å². The van der Waals surface area contributed by atoms with Crippen molar-refractivity contribution in [3.05, 3.63) is 0 Å². The average Bonchev–Trinajstić information content (AvgIpc) is 1.72. The fourth-order valence-corrected chi connectivity index (χ4v) is 0. The quantitative estimate of drug-likeness (QED) is 0.426. The van der Waals surface area contributed by atoms with Crippen LogP contribution in [0.1, 0.15) is 26.7 Å². The lowest BCUT2D eigenvalue weighted by atomic mass is 10.4. The molecule has 0 saturated carbocycles. The molecular weight excluding hydrogens is 72.1 g/mol. The summed E-state index contributed by atoms with van der Waals surface area (Å²) in [6.45, 7) is 4.36.